The van der Waals surface area contributed by atoms with Gasteiger partial charge in [0.1, 0.15) is 5.82 Å². The van der Waals surface area contributed by atoms with Gasteiger partial charge in [-0.25, -0.2) is 0 Å². The molecule has 0 saturated heterocycles. The summed E-state index contributed by atoms with van der Waals surface area (Å²) in [6.45, 7) is 0. The maximum Gasteiger partial charge on any atom is 0.416 e. The molecule has 4 rings (SSSR count). The van der Waals surface area contributed by atoms with Gasteiger partial charge in [0.25, 0.3) is 0 Å². The predicted molar refractivity (Wildman–Crippen MR) is 121 cm³/mol. The Morgan fingerprint density at radius 3 is 2.27 bits per heavy atom. The zero-order valence-electron chi connectivity index (χ0n) is 16.8. The number of benzene rings is 3. The van der Waals surface area contributed by atoms with Crippen LogP contribution in [0.25, 0.3) is 17.1 Å². The van der Waals surface area contributed by atoms with Gasteiger partial charge in [-0.3, -0.25) is 9.36 Å². The largest absolute Gasteiger partial charge is 0.416 e. The highest BCUT2D eigenvalue weighted by atomic mass is 35.5. The van der Waals surface area contributed by atoms with E-state index in [9.17, 15) is 18.0 Å². The van der Waals surface area contributed by atoms with Gasteiger partial charge < -0.3 is 5.32 Å². The van der Waals surface area contributed by atoms with E-state index in [1.165, 1.54) is 0 Å². The minimum Gasteiger partial charge on any atom is -0.324 e. The molecule has 0 aliphatic rings. The summed E-state index contributed by atoms with van der Waals surface area (Å²) in [7, 11) is 0. The van der Waals surface area contributed by atoms with Crippen LogP contribution in [0.15, 0.2) is 72.8 Å². The Kier molecular flexibility index (Phi) is 6.40. The van der Waals surface area contributed by atoms with Crippen molar-refractivity contribution in [3.8, 4) is 17.1 Å². The molecule has 0 radical (unpaired) electrons. The third-order valence-corrected chi connectivity index (χ3v) is 5.39. The van der Waals surface area contributed by atoms with Crippen LogP contribution in [0.3, 0.4) is 0 Å². The van der Waals surface area contributed by atoms with Crippen LogP contribution < -0.4 is 5.32 Å². The molecule has 0 aliphatic heterocycles. The van der Waals surface area contributed by atoms with E-state index in [2.05, 4.69) is 15.5 Å². The number of alkyl halides is 3. The maximum atomic E-state index is 12.9. The predicted octanol–water partition coefficient (Wildman–Crippen LogP) is 6.44. The summed E-state index contributed by atoms with van der Waals surface area (Å²) < 4.78 is 40.3. The summed E-state index contributed by atoms with van der Waals surface area (Å²) in [6, 6.07) is 19.0. The fourth-order valence-corrected chi connectivity index (χ4v) is 3.68. The monoisotopic (exact) mass is 490 g/mol. The van der Waals surface area contributed by atoms with Gasteiger partial charge in [-0.05, 0) is 42.5 Å². The highest BCUT2D eigenvalue weighted by Crippen LogP contribution is 2.34. The lowest BCUT2D eigenvalue weighted by atomic mass is 10.2. The molecule has 0 saturated carbocycles. The normalized spacial score (nSPS) is 11.4. The molecule has 0 fully saturated rings. The van der Waals surface area contributed by atoms with E-state index in [0.717, 1.165) is 18.2 Å². The van der Waals surface area contributed by atoms with Crippen molar-refractivity contribution in [3.63, 3.8) is 0 Å². The molecule has 0 unspecified atom stereocenters. The number of rotatable bonds is 5. The first-order valence-corrected chi connectivity index (χ1v) is 10.4. The first kappa shape index (κ1) is 22.8. The van der Waals surface area contributed by atoms with Gasteiger partial charge in [0.15, 0.2) is 5.82 Å². The lowest BCUT2D eigenvalue weighted by Crippen LogP contribution is -2.18. The number of nitrogens with zero attached hydrogens (tertiary/aromatic N) is 3. The fourth-order valence-electron chi connectivity index (χ4n) is 3.23. The number of hydrogen-bond donors (Lipinski definition) is 1. The van der Waals surface area contributed by atoms with Crippen LogP contribution in [-0.2, 0) is 17.4 Å². The molecule has 33 heavy (non-hydrogen) atoms. The Bertz CT molecular complexity index is 1310. The van der Waals surface area contributed by atoms with Gasteiger partial charge >= 0.3 is 6.18 Å². The second kappa shape index (κ2) is 9.25. The van der Waals surface area contributed by atoms with Crippen LogP contribution in [0.1, 0.15) is 11.4 Å². The molecular weight excluding hydrogens is 476 g/mol. The molecule has 5 nitrogen and oxygen atoms in total. The Hall–Kier alpha value is -3.36. The molecule has 0 spiro atoms. The standard InChI is InChI=1S/C23H15Cl2F3N4O/c24-17-9-5-4-8-16(17)22-31-30-20(32(22)15-6-2-1-3-7-15)13-21(33)29-19-11-10-14(12-18(19)25)23(26,27)28/h1-12H,13H2,(H,29,33). The molecule has 4 aromatic rings. The summed E-state index contributed by atoms with van der Waals surface area (Å²) in [5, 5.41) is 11.2. The second-order valence-electron chi connectivity index (χ2n) is 7.01. The van der Waals surface area contributed by atoms with Crippen molar-refractivity contribution in [2.24, 2.45) is 0 Å². The zero-order chi connectivity index (χ0) is 23.6. The van der Waals surface area contributed by atoms with Crippen molar-refractivity contribution in [2.45, 2.75) is 12.6 Å². The van der Waals surface area contributed by atoms with Crippen LogP contribution in [0.2, 0.25) is 10.0 Å². The van der Waals surface area contributed by atoms with Gasteiger partial charge in [0.05, 0.1) is 27.7 Å². The number of carbonyl (C=O) groups is 1. The van der Waals surface area contributed by atoms with Crippen molar-refractivity contribution in [1.29, 1.82) is 0 Å². The highest BCUT2D eigenvalue weighted by molar-refractivity contribution is 6.34. The van der Waals surface area contributed by atoms with Gasteiger partial charge in [-0.2, -0.15) is 13.2 Å². The molecule has 0 bridgehead atoms. The third-order valence-electron chi connectivity index (χ3n) is 4.75. The maximum absolute atomic E-state index is 12.9. The first-order chi connectivity index (χ1) is 15.7. The number of halogens is 5. The molecule has 3 aromatic carbocycles. The number of carbonyl (C=O) groups excluding carboxylic acids is 1. The second-order valence-corrected chi connectivity index (χ2v) is 7.82. The Labute approximate surface area is 196 Å². The van der Waals surface area contributed by atoms with Crippen LogP contribution in [-0.4, -0.2) is 20.7 Å². The lowest BCUT2D eigenvalue weighted by Gasteiger charge is -2.13. The van der Waals surface area contributed by atoms with Crippen LogP contribution >= 0.6 is 23.2 Å². The van der Waals surface area contributed by atoms with Crippen molar-refractivity contribution in [1.82, 2.24) is 14.8 Å². The van der Waals surface area contributed by atoms with E-state index in [4.69, 9.17) is 23.2 Å². The Balaban J connectivity index is 1.65. The van der Waals surface area contributed by atoms with E-state index >= 15 is 0 Å². The van der Waals surface area contributed by atoms with Crippen LogP contribution in [0.4, 0.5) is 18.9 Å². The Morgan fingerprint density at radius 1 is 0.909 bits per heavy atom. The van der Waals surface area contributed by atoms with E-state index in [1.54, 1.807) is 22.8 Å². The molecule has 0 atom stereocenters. The summed E-state index contributed by atoms with van der Waals surface area (Å²) >= 11 is 12.3. The smallest absolute Gasteiger partial charge is 0.324 e. The average Bonchev–Trinajstić information content (AvgIpc) is 3.18. The SMILES string of the molecule is O=C(Cc1nnc(-c2ccccc2Cl)n1-c1ccccc1)Nc1ccc(C(F)(F)F)cc1Cl. The third kappa shape index (κ3) is 5.02. The Morgan fingerprint density at radius 2 is 1.61 bits per heavy atom. The van der Waals surface area contributed by atoms with Gasteiger partial charge in [-0.15, -0.1) is 10.2 Å². The van der Waals surface area contributed by atoms with Gasteiger partial charge in [0, 0.05) is 11.3 Å². The zero-order valence-corrected chi connectivity index (χ0v) is 18.3. The minimum atomic E-state index is -4.53. The highest BCUT2D eigenvalue weighted by Gasteiger charge is 2.31. The number of nitrogens with one attached hydrogen (secondary N) is 1. The van der Waals surface area contributed by atoms with Crippen LogP contribution in [0, 0.1) is 0 Å². The van der Waals surface area contributed by atoms with E-state index < -0.39 is 17.6 Å². The van der Waals surface area contributed by atoms with Gasteiger partial charge in [0.2, 0.25) is 5.91 Å². The number of aromatic nitrogens is 3. The molecule has 1 N–H and O–H groups in total. The fraction of sp³-hybridized carbons (Fsp3) is 0.0870. The molecule has 1 amide bonds. The van der Waals surface area contributed by atoms with Crippen LogP contribution in [0.5, 0.6) is 0 Å². The number of hydrogen-bond acceptors (Lipinski definition) is 3. The topological polar surface area (TPSA) is 59.8 Å². The molecule has 1 heterocycles. The lowest BCUT2D eigenvalue weighted by molar-refractivity contribution is -0.137. The van der Waals surface area contributed by atoms with Crippen molar-refractivity contribution < 1.29 is 18.0 Å². The van der Waals surface area contributed by atoms with E-state index in [-0.39, 0.29) is 17.1 Å². The molecule has 10 heteroatoms. The average molecular weight is 491 g/mol. The summed E-state index contributed by atoms with van der Waals surface area (Å²) in [5.41, 5.74) is 0.506. The number of amides is 1. The van der Waals surface area contributed by atoms with Crippen molar-refractivity contribution in [3.05, 3.63) is 94.2 Å². The van der Waals surface area contributed by atoms with E-state index in [1.807, 2.05) is 36.4 Å². The summed E-state index contributed by atoms with van der Waals surface area (Å²) in [6.07, 6.45) is -4.74. The number of para-hydroxylation sites is 1. The van der Waals surface area contributed by atoms with E-state index in [0.29, 0.717) is 27.9 Å². The number of anilines is 1. The molecule has 1 aromatic heterocycles. The summed E-state index contributed by atoms with van der Waals surface area (Å²) in [5.74, 6) is 0.241. The summed E-state index contributed by atoms with van der Waals surface area (Å²) in [4.78, 5) is 12.7. The van der Waals surface area contributed by atoms with Crippen molar-refractivity contribution in [2.75, 3.05) is 5.32 Å². The quantitative estimate of drug-likeness (QED) is 0.350. The van der Waals surface area contributed by atoms with Gasteiger partial charge in [-0.1, -0.05) is 53.5 Å². The molecular formula is C23H15Cl2F3N4O. The molecule has 168 valence electrons. The minimum absolute atomic E-state index is 0.0618. The van der Waals surface area contributed by atoms with Crippen molar-refractivity contribution >= 4 is 34.8 Å². The molecule has 0 aliphatic carbocycles. The first-order valence-electron chi connectivity index (χ1n) is 9.65.